The van der Waals surface area contributed by atoms with Crippen molar-refractivity contribution in [1.82, 2.24) is 4.90 Å². The second-order valence-corrected chi connectivity index (χ2v) is 7.45. The largest absolute Gasteiger partial charge is 0.495 e. The van der Waals surface area contributed by atoms with Crippen LogP contribution < -0.4 is 9.64 Å². The molecule has 1 fully saturated rings. The minimum atomic E-state index is -0.518. The summed E-state index contributed by atoms with van der Waals surface area (Å²) in [6, 6.07) is 5.60. The van der Waals surface area contributed by atoms with Gasteiger partial charge in [0, 0.05) is 38.5 Å². The van der Waals surface area contributed by atoms with E-state index in [-0.39, 0.29) is 12.1 Å². The summed E-state index contributed by atoms with van der Waals surface area (Å²) in [5.41, 5.74) is 0.487. The summed E-state index contributed by atoms with van der Waals surface area (Å²) < 4.78 is 16.1. The minimum Gasteiger partial charge on any atom is -0.495 e. The van der Waals surface area contributed by atoms with Gasteiger partial charge in [0.2, 0.25) is 0 Å². The molecule has 6 nitrogen and oxygen atoms in total. The van der Waals surface area contributed by atoms with Crippen LogP contribution in [0, 0.1) is 0 Å². The summed E-state index contributed by atoms with van der Waals surface area (Å²) in [7, 11) is 3.23. The Balaban J connectivity index is 2.14. The molecule has 1 aromatic carbocycles. The zero-order valence-electron chi connectivity index (χ0n) is 15.5. The number of methoxy groups -OCH3 is 2. The number of hydrogen-bond donors (Lipinski definition) is 0. The maximum atomic E-state index is 12.5. The number of hydrogen-bond acceptors (Lipinski definition) is 5. The lowest BCUT2D eigenvalue weighted by Gasteiger charge is -2.42. The molecule has 0 aliphatic carbocycles. The summed E-state index contributed by atoms with van der Waals surface area (Å²) >= 11 is 6.11. The molecule has 0 spiro atoms. The van der Waals surface area contributed by atoms with Crippen molar-refractivity contribution in [3.63, 3.8) is 0 Å². The highest BCUT2D eigenvalue weighted by Crippen LogP contribution is 2.30. The van der Waals surface area contributed by atoms with E-state index in [2.05, 4.69) is 4.90 Å². The van der Waals surface area contributed by atoms with Gasteiger partial charge < -0.3 is 19.1 Å². The van der Waals surface area contributed by atoms with Gasteiger partial charge in [-0.25, -0.2) is 4.79 Å². The maximum absolute atomic E-state index is 12.5. The quantitative estimate of drug-likeness (QED) is 0.812. The number of rotatable bonds is 4. The van der Waals surface area contributed by atoms with Crippen LogP contribution in [-0.2, 0) is 9.47 Å². The normalized spacial score (nSPS) is 18.2. The van der Waals surface area contributed by atoms with E-state index in [0.717, 1.165) is 5.69 Å². The van der Waals surface area contributed by atoms with Gasteiger partial charge in [0.25, 0.3) is 0 Å². The van der Waals surface area contributed by atoms with E-state index < -0.39 is 5.60 Å². The molecule has 1 aliphatic rings. The molecular formula is C18H27ClN2O4. The molecule has 0 bridgehead atoms. The van der Waals surface area contributed by atoms with Gasteiger partial charge in [0.1, 0.15) is 11.4 Å². The van der Waals surface area contributed by atoms with Gasteiger partial charge in [-0.3, -0.25) is 4.90 Å². The van der Waals surface area contributed by atoms with E-state index in [0.29, 0.717) is 37.0 Å². The lowest BCUT2D eigenvalue weighted by molar-refractivity contribution is 0.00343. The number of halogens is 1. The maximum Gasteiger partial charge on any atom is 0.410 e. The average molecular weight is 371 g/mol. The second-order valence-electron chi connectivity index (χ2n) is 7.05. The molecule has 1 aliphatic heterocycles. The molecule has 7 heteroatoms. The van der Waals surface area contributed by atoms with Crippen molar-refractivity contribution in [3.05, 3.63) is 23.2 Å². The smallest absolute Gasteiger partial charge is 0.410 e. The molecule has 0 N–H and O–H groups in total. The first-order chi connectivity index (χ1) is 11.7. The van der Waals surface area contributed by atoms with Gasteiger partial charge in [0.15, 0.2) is 0 Å². The number of ether oxygens (including phenoxy) is 3. The monoisotopic (exact) mass is 370 g/mol. The van der Waals surface area contributed by atoms with Gasteiger partial charge in [0.05, 0.1) is 24.8 Å². The molecule has 1 aromatic rings. The van der Waals surface area contributed by atoms with Crippen molar-refractivity contribution in [3.8, 4) is 5.75 Å². The van der Waals surface area contributed by atoms with Crippen LogP contribution in [0.5, 0.6) is 5.75 Å². The third kappa shape index (κ3) is 5.16. The van der Waals surface area contributed by atoms with E-state index in [9.17, 15) is 4.79 Å². The molecule has 2 rings (SSSR count). The molecule has 0 radical (unpaired) electrons. The summed E-state index contributed by atoms with van der Waals surface area (Å²) in [5, 5.41) is 0.576. The Morgan fingerprint density at radius 1 is 1.28 bits per heavy atom. The van der Waals surface area contributed by atoms with E-state index in [1.807, 2.05) is 39.0 Å². The predicted molar refractivity (Wildman–Crippen MR) is 98.8 cm³/mol. The van der Waals surface area contributed by atoms with Gasteiger partial charge in [-0.15, -0.1) is 0 Å². The van der Waals surface area contributed by atoms with Crippen molar-refractivity contribution >= 4 is 23.4 Å². The van der Waals surface area contributed by atoms with Gasteiger partial charge in [-0.1, -0.05) is 11.6 Å². The first-order valence-corrected chi connectivity index (χ1v) is 8.70. The summed E-state index contributed by atoms with van der Waals surface area (Å²) in [4.78, 5) is 16.4. The molecule has 1 heterocycles. The fourth-order valence-corrected chi connectivity index (χ4v) is 3.03. The standard InChI is InChI=1S/C18H27ClN2O4/c1-18(2,3)25-17(22)21-9-8-20(11-14(21)12-23-4)13-6-7-15(19)16(10-13)24-5/h6-7,10,14H,8-9,11-12H2,1-5H3. The first-order valence-electron chi connectivity index (χ1n) is 8.32. The predicted octanol–water partition coefficient (Wildman–Crippen LogP) is 3.42. The van der Waals surface area contributed by atoms with Crippen LogP contribution in [0.25, 0.3) is 0 Å². The molecule has 0 aromatic heterocycles. The van der Waals surface area contributed by atoms with Crippen molar-refractivity contribution in [2.24, 2.45) is 0 Å². The summed E-state index contributed by atoms with van der Waals surface area (Å²) in [6.45, 7) is 7.96. The molecule has 140 valence electrons. The topological polar surface area (TPSA) is 51.2 Å². The third-order valence-corrected chi connectivity index (χ3v) is 4.28. The summed E-state index contributed by atoms with van der Waals surface area (Å²) in [6.07, 6.45) is -0.303. The SMILES string of the molecule is COCC1CN(c2ccc(Cl)c(OC)c2)CCN1C(=O)OC(C)(C)C. The number of piperazine rings is 1. The van der Waals surface area contributed by atoms with Crippen LogP contribution in [0.15, 0.2) is 18.2 Å². The number of nitrogens with zero attached hydrogens (tertiary/aromatic N) is 2. The van der Waals surface area contributed by atoms with E-state index in [1.165, 1.54) is 0 Å². The molecule has 1 saturated heterocycles. The fourth-order valence-electron chi connectivity index (χ4n) is 2.83. The molecule has 1 atom stereocenters. The van der Waals surface area contributed by atoms with Gasteiger partial charge in [-0.05, 0) is 32.9 Å². The highest BCUT2D eigenvalue weighted by Gasteiger charge is 2.33. The zero-order chi connectivity index (χ0) is 18.6. The highest BCUT2D eigenvalue weighted by atomic mass is 35.5. The van der Waals surface area contributed by atoms with Crippen LogP contribution in [0.4, 0.5) is 10.5 Å². The number of benzene rings is 1. The van der Waals surface area contributed by atoms with Crippen LogP contribution >= 0.6 is 11.6 Å². The Labute approximate surface area is 154 Å². The lowest BCUT2D eigenvalue weighted by Crippen LogP contribution is -2.57. The van der Waals surface area contributed by atoms with Crippen LogP contribution in [-0.4, -0.2) is 63.1 Å². The zero-order valence-corrected chi connectivity index (χ0v) is 16.3. The summed E-state index contributed by atoms with van der Waals surface area (Å²) in [5.74, 6) is 0.636. The van der Waals surface area contributed by atoms with Crippen molar-refractivity contribution in [2.45, 2.75) is 32.4 Å². The minimum absolute atomic E-state index is 0.0877. The van der Waals surface area contributed by atoms with Crippen LogP contribution in [0.3, 0.4) is 0 Å². The Bertz CT molecular complexity index is 603. The average Bonchev–Trinajstić information content (AvgIpc) is 2.54. The fraction of sp³-hybridized carbons (Fsp3) is 0.611. The van der Waals surface area contributed by atoms with Crippen molar-refractivity contribution in [1.29, 1.82) is 0 Å². The molecule has 1 amide bonds. The molecule has 25 heavy (non-hydrogen) atoms. The highest BCUT2D eigenvalue weighted by molar-refractivity contribution is 6.32. The van der Waals surface area contributed by atoms with Crippen molar-refractivity contribution in [2.75, 3.05) is 45.4 Å². The van der Waals surface area contributed by atoms with Gasteiger partial charge >= 0.3 is 6.09 Å². The Morgan fingerprint density at radius 2 is 2.00 bits per heavy atom. The number of anilines is 1. The number of amides is 1. The van der Waals surface area contributed by atoms with Gasteiger partial charge in [-0.2, -0.15) is 0 Å². The Hall–Kier alpha value is -1.66. The van der Waals surface area contributed by atoms with Crippen LogP contribution in [0.1, 0.15) is 20.8 Å². The third-order valence-electron chi connectivity index (χ3n) is 3.97. The van der Waals surface area contributed by atoms with Crippen LogP contribution in [0.2, 0.25) is 5.02 Å². The molecule has 1 unspecified atom stereocenters. The van der Waals surface area contributed by atoms with E-state index in [4.69, 9.17) is 25.8 Å². The number of carbonyl (C=O) groups excluding carboxylic acids is 1. The number of carbonyl (C=O) groups is 1. The van der Waals surface area contributed by atoms with E-state index in [1.54, 1.807) is 19.1 Å². The first kappa shape index (κ1) is 19.7. The van der Waals surface area contributed by atoms with E-state index >= 15 is 0 Å². The Morgan fingerprint density at radius 3 is 2.60 bits per heavy atom. The molecule has 0 saturated carbocycles. The van der Waals surface area contributed by atoms with Crippen molar-refractivity contribution < 1.29 is 19.0 Å². The lowest BCUT2D eigenvalue weighted by atomic mass is 10.1. The molecular weight excluding hydrogens is 344 g/mol. The second kappa shape index (κ2) is 8.15. The Kier molecular flexibility index (Phi) is 6.41.